The number of aliphatic hydroxyl groups is 1. The predicted octanol–water partition coefficient (Wildman–Crippen LogP) is 4.01. The van der Waals surface area contributed by atoms with E-state index < -0.39 is 54.7 Å². The lowest BCUT2D eigenvalue weighted by Gasteiger charge is -2.24. The van der Waals surface area contributed by atoms with E-state index in [1.807, 2.05) is 24.3 Å². The van der Waals surface area contributed by atoms with Crippen LogP contribution >= 0.6 is 11.6 Å². The van der Waals surface area contributed by atoms with Crippen LogP contribution in [0.1, 0.15) is 35.8 Å². The fourth-order valence-electron chi connectivity index (χ4n) is 3.81. The van der Waals surface area contributed by atoms with Crippen LogP contribution in [0.3, 0.4) is 0 Å². The molecule has 0 bridgehead atoms. The zero-order valence-corrected chi connectivity index (χ0v) is 21.3. The molecule has 3 atom stereocenters. The lowest BCUT2D eigenvalue weighted by Crippen LogP contribution is -2.43. The minimum atomic E-state index is -4.78. The maximum atomic E-state index is 13.0. The number of esters is 1. The maximum Gasteiger partial charge on any atom is 0.425 e. The second kappa shape index (κ2) is 12.3. The maximum absolute atomic E-state index is 13.0. The van der Waals surface area contributed by atoms with Crippen LogP contribution in [0.15, 0.2) is 59.4 Å². The zero-order valence-electron chi connectivity index (χ0n) is 20.6. The van der Waals surface area contributed by atoms with Gasteiger partial charge in [0, 0.05) is 30.6 Å². The van der Waals surface area contributed by atoms with E-state index >= 15 is 0 Å². The molecular formula is C26H27ClF3N3O5. The number of rotatable bonds is 10. The molecule has 3 N–H and O–H groups in total. The average Bonchev–Trinajstić information content (AvgIpc) is 3.20. The van der Waals surface area contributed by atoms with Crippen molar-refractivity contribution in [2.45, 2.75) is 50.6 Å². The monoisotopic (exact) mass is 553 g/mol. The molecule has 0 aliphatic rings. The van der Waals surface area contributed by atoms with Crippen molar-refractivity contribution in [2.75, 3.05) is 0 Å². The fraction of sp³-hybridized carbons (Fsp3) is 0.346. The number of nitrogens with zero attached hydrogens (tertiary/aromatic N) is 1. The molecule has 3 rings (SSSR count). The standard InChI is InChI=1S/C26H27ClF3N3O5/c1-3-22(26(28,29)30)38-25(37)21(34)13-19(31-24(36)20-14-23(35)33(2)32-20)11-15-7-9-16(10-8-15)17-5-4-6-18(27)12-17/h4-10,12,14,19,21-22,32,34H,3,11,13H2,1-2H3,(H,31,36). The van der Waals surface area contributed by atoms with Crippen molar-refractivity contribution in [1.82, 2.24) is 15.1 Å². The number of aromatic nitrogens is 2. The molecule has 2 aromatic carbocycles. The highest BCUT2D eigenvalue weighted by Crippen LogP contribution is 2.26. The molecule has 1 heterocycles. The van der Waals surface area contributed by atoms with Gasteiger partial charge < -0.3 is 15.2 Å². The van der Waals surface area contributed by atoms with E-state index in [4.69, 9.17) is 11.6 Å². The smallest absolute Gasteiger partial charge is 0.425 e. The molecule has 204 valence electrons. The summed E-state index contributed by atoms with van der Waals surface area (Å²) in [7, 11) is 1.42. The Morgan fingerprint density at radius 1 is 1.13 bits per heavy atom. The van der Waals surface area contributed by atoms with Crippen LogP contribution in [-0.4, -0.2) is 51.2 Å². The summed E-state index contributed by atoms with van der Waals surface area (Å²) in [5, 5.41) is 16.1. The molecule has 0 fully saturated rings. The van der Waals surface area contributed by atoms with Crippen molar-refractivity contribution in [3.63, 3.8) is 0 Å². The number of halogens is 4. The molecule has 0 aliphatic carbocycles. The van der Waals surface area contributed by atoms with Crippen molar-refractivity contribution >= 4 is 23.5 Å². The lowest BCUT2D eigenvalue weighted by molar-refractivity contribution is -0.225. The number of benzene rings is 2. The second-order valence-corrected chi connectivity index (χ2v) is 9.21. The first kappa shape index (κ1) is 29.0. The Bertz CT molecular complexity index is 1320. The summed E-state index contributed by atoms with van der Waals surface area (Å²) in [6, 6.07) is 14.6. The molecular weight excluding hydrogens is 527 g/mol. The number of aryl methyl sites for hydroxylation is 1. The summed E-state index contributed by atoms with van der Waals surface area (Å²) in [6.07, 6.45) is -9.88. The zero-order chi connectivity index (χ0) is 28.0. The van der Waals surface area contributed by atoms with Crippen molar-refractivity contribution in [3.05, 3.63) is 81.2 Å². The number of H-pyrrole nitrogens is 1. The SMILES string of the molecule is CCC(OC(=O)C(O)CC(Cc1ccc(-c2cccc(Cl)c2)cc1)NC(=O)c1cc(=O)n(C)[nH]1)C(F)(F)F. The molecule has 12 heteroatoms. The fourth-order valence-corrected chi connectivity index (χ4v) is 4.00. The van der Waals surface area contributed by atoms with Crippen molar-refractivity contribution in [3.8, 4) is 11.1 Å². The Kier molecular flexibility index (Phi) is 9.40. The van der Waals surface area contributed by atoms with Gasteiger partial charge in [-0.15, -0.1) is 0 Å². The van der Waals surface area contributed by atoms with Gasteiger partial charge >= 0.3 is 12.1 Å². The Hall–Kier alpha value is -3.57. The first-order valence-electron chi connectivity index (χ1n) is 11.7. The summed E-state index contributed by atoms with van der Waals surface area (Å²) in [5.41, 5.74) is 1.96. The first-order chi connectivity index (χ1) is 17.9. The summed E-state index contributed by atoms with van der Waals surface area (Å²) in [6.45, 7) is 1.20. The van der Waals surface area contributed by atoms with Gasteiger partial charge in [-0.25, -0.2) is 4.79 Å². The van der Waals surface area contributed by atoms with Gasteiger partial charge in [-0.2, -0.15) is 13.2 Å². The third kappa shape index (κ3) is 7.72. The molecule has 0 radical (unpaired) electrons. The van der Waals surface area contributed by atoms with Crippen LogP contribution in [0.25, 0.3) is 11.1 Å². The van der Waals surface area contributed by atoms with E-state index in [-0.39, 0.29) is 12.1 Å². The first-order valence-corrected chi connectivity index (χ1v) is 12.1. The Morgan fingerprint density at radius 2 is 1.82 bits per heavy atom. The van der Waals surface area contributed by atoms with Gasteiger partial charge in [0.15, 0.2) is 12.2 Å². The molecule has 0 saturated carbocycles. The predicted molar refractivity (Wildman–Crippen MR) is 135 cm³/mol. The molecule has 3 aromatic rings. The van der Waals surface area contributed by atoms with Crippen molar-refractivity contribution in [1.29, 1.82) is 0 Å². The van der Waals surface area contributed by atoms with Gasteiger partial charge in [0.2, 0.25) is 0 Å². The molecule has 0 saturated heterocycles. The van der Waals surface area contributed by atoms with Gasteiger partial charge in [0.25, 0.3) is 11.5 Å². The van der Waals surface area contributed by atoms with E-state index in [0.717, 1.165) is 21.9 Å². The number of aromatic amines is 1. The lowest BCUT2D eigenvalue weighted by atomic mass is 9.97. The van der Waals surface area contributed by atoms with Crippen LogP contribution in [0, 0.1) is 0 Å². The minimum absolute atomic E-state index is 0.0565. The molecule has 3 unspecified atom stereocenters. The molecule has 0 aliphatic heterocycles. The number of hydrogen-bond donors (Lipinski definition) is 3. The number of hydrogen-bond acceptors (Lipinski definition) is 5. The van der Waals surface area contributed by atoms with Crippen molar-refractivity contribution < 1.29 is 32.6 Å². The number of carbonyl (C=O) groups excluding carboxylic acids is 2. The second-order valence-electron chi connectivity index (χ2n) is 8.78. The van der Waals surface area contributed by atoms with Gasteiger partial charge in [0.05, 0.1) is 0 Å². The van der Waals surface area contributed by atoms with Crippen LogP contribution in [0.4, 0.5) is 13.2 Å². The summed E-state index contributed by atoms with van der Waals surface area (Å²) >= 11 is 6.06. The third-order valence-electron chi connectivity index (χ3n) is 5.83. The molecule has 38 heavy (non-hydrogen) atoms. The normalized spacial score (nSPS) is 14.0. The largest absolute Gasteiger partial charge is 0.451 e. The van der Waals surface area contributed by atoms with E-state index in [9.17, 15) is 32.7 Å². The molecule has 1 aromatic heterocycles. The van der Waals surface area contributed by atoms with Crippen molar-refractivity contribution in [2.24, 2.45) is 7.05 Å². The van der Waals surface area contributed by atoms with E-state index in [2.05, 4.69) is 15.2 Å². The number of ether oxygens (including phenoxy) is 1. The highest BCUT2D eigenvalue weighted by Gasteiger charge is 2.42. The van der Waals surface area contributed by atoms with Crippen LogP contribution < -0.4 is 10.9 Å². The van der Waals surface area contributed by atoms with Gasteiger partial charge in [-0.05, 0) is 41.7 Å². The Labute approximate surface area is 221 Å². The Balaban J connectivity index is 1.78. The van der Waals surface area contributed by atoms with E-state index in [1.54, 1.807) is 24.3 Å². The number of alkyl halides is 3. The number of amides is 1. The average molecular weight is 554 g/mol. The molecule has 8 nitrogen and oxygen atoms in total. The quantitative estimate of drug-likeness (QED) is 0.328. The van der Waals surface area contributed by atoms with E-state index in [0.29, 0.717) is 10.6 Å². The summed E-state index contributed by atoms with van der Waals surface area (Å²) < 4.78 is 44.6. The number of aliphatic hydroxyl groups excluding tert-OH is 1. The van der Waals surface area contributed by atoms with E-state index in [1.165, 1.54) is 14.0 Å². The highest BCUT2D eigenvalue weighted by atomic mass is 35.5. The summed E-state index contributed by atoms with van der Waals surface area (Å²) in [5.74, 6) is -2.14. The summed E-state index contributed by atoms with van der Waals surface area (Å²) in [4.78, 5) is 36.7. The Morgan fingerprint density at radius 3 is 2.37 bits per heavy atom. The highest BCUT2D eigenvalue weighted by molar-refractivity contribution is 6.30. The van der Waals surface area contributed by atoms with Crippen LogP contribution in [0.2, 0.25) is 5.02 Å². The van der Waals surface area contributed by atoms with Gasteiger partial charge in [-0.1, -0.05) is 54.9 Å². The van der Waals surface area contributed by atoms with Gasteiger partial charge in [-0.3, -0.25) is 19.4 Å². The third-order valence-corrected chi connectivity index (χ3v) is 6.07. The molecule has 1 amide bonds. The topological polar surface area (TPSA) is 113 Å². The minimum Gasteiger partial charge on any atom is -0.451 e. The van der Waals surface area contributed by atoms with Crippen LogP contribution in [-0.2, 0) is 23.0 Å². The van der Waals surface area contributed by atoms with Crippen LogP contribution in [0.5, 0.6) is 0 Å². The number of carbonyl (C=O) groups is 2. The molecule has 0 spiro atoms. The van der Waals surface area contributed by atoms with Gasteiger partial charge in [0.1, 0.15) is 5.69 Å². The number of nitrogens with one attached hydrogen (secondary N) is 2.